The average Bonchev–Trinajstić information content (AvgIpc) is 3.39. The monoisotopic (exact) mass is 391 g/mol. The third kappa shape index (κ3) is 3.70. The Morgan fingerprint density at radius 1 is 1.07 bits per heavy atom. The third-order valence-corrected chi connectivity index (χ3v) is 8.34. The number of aliphatic carboxylic acids is 1. The molecule has 0 saturated carbocycles. The summed E-state index contributed by atoms with van der Waals surface area (Å²) in [7, 11) is -0.649. The number of hydrogen-bond donors (Lipinski definition) is 1. The van der Waals surface area contributed by atoms with E-state index in [-0.39, 0.29) is 12.1 Å². The van der Waals surface area contributed by atoms with Crippen molar-refractivity contribution in [1.82, 2.24) is 4.90 Å². The van der Waals surface area contributed by atoms with E-state index in [1.54, 1.807) is 0 Å². The zero-order valence-corrected chi connectivity index (χ0v) is 17.1. The fraction of sp³-hybridized carbons (Fsp3) is 0.292. The fourth-order valence-electron chi connectivity index (χ4n) is 4.41. The highest BCUT2D eigenvalue weighted by atomic mass is 31.1. The van der Waals surface area contributed by atoms with Gasteiger partial charge in [0.1, 0.15) is 6.04 Å². The lowest BCUT2D eigenvalue weighted by molar-refractivity contribution is -0.142. The van der Waals surface area contributed by atoms with Gasteiger partial charge in [0, 0.05) is 6.04 Å². The van der Waals surface area contributed by atoms with Gasteiger partial charge in [-0.05, 0) is 62.1 Å². The first-order valence-corrected chi connectivity index (χ1v) is 11.3. The van der Waals surface area contributed by atoms with Crippen LogP contribution in [0.3, 0.4) is 0 Å². The van der Waals surface area contributed by atoms with Crippen LogP contribution in [-0.4, -0.2) is 34.6 Å². The molecule has 1 aliphatic heterocycles. The molecule has 144 valence electrons. The summed E-state index contributed by atoms with van der Waals surface area (Å²) in [6.45, 7) is 3.05. The topological polar surface area (TPSA) is 40.5 Å². The van der Waals surface area contributed by atoms with Crippen LogP contribution in [0.5, 0.6) is 0 Å². The maximum absolute atomic E-state index is 11.7. The van der Waals surface area contributed by atoms with Gasteiger partial charge < -0.3 is 5.11 Å². The number of hydrogen-bond acceptors (Lipinski definition) is 2. The molecule has 1 aliphatic carbocycles. The molecule has 2 aromatic rings. The summed E-state index contributed by atoms with van der Waals surface area (Å²) in [4.78, 5) is 13.9. The molecule has 0 bridgehead atoms. The molecule has 2 aromatic carbocycles. The molecule has 28 heavy (non-hydrogen) atoms. The molecule has 0 spiro atoms. The molecule has 0 amide bonds. The summed E-state index contributed by atoms with van der Waals surface area (Å²) in [6.07, 6.45) is 7.15. The van der Waals surface area contributed by atoms with Crippen molar-refractivity contribution < 1.29 is 9.90 Å². The van der Waals surface area contributed by atoms with Gasteiger partial charge in [-0.15, -0.1) is 0 Å². The van der Waals surface area contributed by atoms with Crippen LogP contribution in [0.15, 0.2) is 83.7 Å². The van der Waals surface area contributed by atoms with Crippen molar-refractivity contribution in [2.24, 2.45) is 0 Å². The molecule has 4 heteroatoms. The van der Waals surface area contributed by atoms with E-state index in [1.165, 1.54) is 21.5 Å². The maximum Gasteiger partial charge on any atom is 0.320 e. The Hall–Kier alpha value is -2.22. The van der Waals surface area contributed by atoms with E-state index in [4.69, 9.17) is 0 Å². The van der Waals surface area contributed by atoms with E-state index >= 15 is 0 Å². The van der Waals surface area contributed by atoms with E-state index in [0.29, 0.717) is 0 Å². The van der Waals surface area contributed by atoms with Gasteiger partial charge in [-0.3, -0.25) is 9.69 Å². The van der Waals surface area contributed by atoms with Gasteiger partial charge in [-0.2, -0.15) is 0 Å². The number of allylic oxidation sites excluding steroid dienone is 3. The highest BCUT2D eigenvalue weighted by molar-refractivity contribution is 7.77. The predicted molar refractivity (Wildman–Crippen MR) is 117 cm³/mol. The minimum atomic E-state index is -0.689. The van der Waals surface area contributed by atoms with Crippen LogP contribution < -0.4 is 10.6 Å². The first-order valence-electron chi connectivity index (χ1n) is 9.95. The smallest absolute Gasteiger partial charge is 0.320 e. The second-order valence-electron chi connectivity index (χ2n) is 7.43. The lowest BCUT2D eigenvalue weighted by Gasteiger charge is -2.32. The Bertz CT molecular complexity index is 852. The summed E-state index contributed by atoms with van der Waals surface area (Å²) >= 11 is 0. The Kier molecular flexibility index (Phi) is 5.75. The van der Waals surface area contributed by atoms with Crippen LogP contribution in [0.1, 0.15) is 26.2 Å². The Morgan fingerprint density at radius 3 is 2.25 bits per heavy atom. The van der Waals surface area contributed by atoms with Gasteiger partial charge in [-0.1, -0.05) is 72.8 Å². The van der Waals surface area contributed by atoms with Crippen LogP contribution >= 0.6 is 7.92 Å². The molecule has 0 aromatic heterocycles. The largest absolute Gasteiger partial charge is 0.480 e. The molecule has 2 atom stereocenters. The minimum Gasteiger partial charge on any atom is -0.480 e. The van der Waals surface area contributed by atoms with Crippen molar-refractivity contribution >= 4 is 24.5 Å². The SMILES string of the molecule is C[C@H](C1=C(P(c2ccccc2)c2ccccc2)C=CC1)N1CCC[C@H]1C(=O)O. The fourth-order valence-corrected chi connectivity index (χ4v) is 7.03. The van der Waals surface area contributed by atoms with Crippen molar-refractivity contribution in [2.45, 2.75) is 38.3 Å². The highest BCUT2D eigenvalue weighted by Crippen LogP contribution is 2.49. The highest BCUT2D eigenvalue weighted by Gasteiger charge is 2.36. The van der Waals surface area contributed by atoms with Crippen LogP contribution in [0.25, 0.3) is 0 Å². The van der Waals surface area contributed by atoms with Gasteiger partial charge in [-0.25, -0.2) is 0 Å². The Morgan fingerprint density at radius 2 is 1.68 bits per heavy atom. The molecular weight excluding hydrogens is 365 g/mol. The predicted octanol–water partition coefficient (Wildman–Crippen LogP) is 4.27. The van der Waals surface area contributed by atoms with Crippen LogP contribution in [0.4, 0.5) is 0 Å². The molecule has 1 N–H and O–H groups in total. The van der Waals surface area contributed by atoms with E-state index in [1.807, 2.05) is 0 Å². The summed E-state index contributed by atoms with van der Waals surface area (Å²) in [6, 6.07) is 21.2. The molecule has 1 fully saturated rings. The second kappa shape index (κ2) is 8.43. The average molecular weight is 391 g/mol. The number of benzene rings is 2. The van der Waals surface area contributed by atoms with E-state index < -0.39 is 13.9 Å². The van der Waals surface area contributed by atoms with Gasteiger partial charge in [0.05, 0.1) is 0 Å². The van der Waals surface area contributed by atoms with Gasteiger partial charge in [0.2, 0.25) is 0 Å². The minimum absolute atomic E-state index is 0.144. The zero-order chi connectivity index (χ0) is 19.5. The molecule has 3 nitrogen and oxygen atoms in total. The van der Waals surface area contributed by atoms with Gasteiger partial charge in [0.15, 0.2) is 0 Å². The standard InChI is InChI=1S/C24H26NO2P/c1-18(25-17-9-15-22(25)24(26)27)21-14-8-16-23(21)28(19-10-4-2-5-11-19)20-12-6-3-7-13-20/h2-8,10-13,16,18,22H,9,14-15,17H2,1H3,(H,26,27)/t18-,22+/m1/s1. The summed E-state index contributed by atoms with van der Waals surface area (Å²) in [5.74, 6) is -0.689. The number of nitrogens with zero attached hydrogens (tertiary/aromatic N) is 1. The van der Waals surface area contributed by atoms with Crippen LogP contribution in [0, 0.1) is 0 Å². The number of carbonyl (C=O) groups is 1. The number of rotatable bonds is 6. The first-order chi connectivity index (χ1) is 13.7. The van der Waals surface area contributed by atoms with Gasteiger partial charge >= 0.3 is 5.97 Å². The number of likely N-dealkylation sites (tertiary alicyclic amines) is 1. The molecule has 4 rings (SSSR count). The van der Waals surface area contributed by atoms with E-state index in [0.717, 1.165) is 25.8 Å². The first kappa shape index (κ1) is 19.1. The van der Waals surface area contributed by atoms with Crippen molar-refractivity contribution in [1.29, 1.82) is 0 Å². The van der Waals surface area contributed by atoms with Crippen molar-refractivity contribution in [2.75, 3.05) is 6.54 Å². The molecule has 0 unspecified atom stereocenters. The number of carboxylic acid groups (broad SMARTS) is 1. The lowest BCUT2D eigenvalue weighted by Crippen LogP contribution is -2.42. The lowest BCUT2D eigenvalue weighted by atomic mass is 10.1. The van der Waals surface area contributed by atoms with E-state index in [9.17, 15) is 9.90 Å². The molecular formula is C24H26NO2P. The second-order valence-corrected chi connectivity index (χ2v) is 9.62. The van der Waals surface area contributed by atoms with Gasteiger partial charge in [0.25, 0.3) is 0 Å². The maximum atomic E-state index is 11.7. The quantitative estimate of drug-likeness (QED) is 0.748. The molecule has 1 saturated heterocycles. The van der Waals surface area contributed by atoms with Crippen molar-refractivity contribution in [3.8, 4) is 0 Å². The van der Waals surface area contributed by atoms with E-state index in [2.05, 4.69) is 84.6 Å². The summed E-state index contributed by atoms with van der Waals surface area (Å²) in [5, 5.41) is 13.7. The Labute approximate surface area is 168 Å². The molecule has 2 aliphatic rings. The summed E-state index contributed by atoms with van der Waals surface area (Å²) in [5.41, 5.74) is 1.38. The third-order valence-electron chi connectivity index (χ3n) is 5.79. The van der Waals surface area contributed by atoms with Crippen LogP contribution in [0.2, 0.25) is 0 Å². The Balaban J connectivity index is 1.76. The number of carboxylic acids is 1. The summed E-state index contributed by atoms with van der Waals surface area (Å²) < 4.78 is 0. The zero-order valence-electron chi connectivity index (χ0n) is 16.2. The van der Waals surface area contributed by atoms with Crippen LogP contribution in [-0.2, 0) is 4.79 Å². The molecule has 0 radical (unpaired) electrons. The van der Waals surface area contributed by atoms with Crippen molar-refractivity contribution in [3.63, 3.8) is 0 Å². The van der Waals surface area contributed by atoms with Crippen molar-refractivity contribution in [3.05, 3.63) is 83.7 Å². The normalized spacial score (nSPS) is 20.9. The molecule has 1 heterocycles.